The quantitative estimate of drug-likeness (QED) is 0.575. The molecular formula is C14H30N2O3. The third-order valence-electron chi connectivity index (χ3n) is 3.41. The molecule has 1 unspecified atom stereocenters. The Morgan fingerprint density at radius 2 is 1.95 bits per heavy atom. The molecule has 0 bridgehead atoms. The monoisotopic (exact) mass is 274 g/mol. The molecule has 1 N–H and O–H groups in total. The molecule has 0 aromatic heterocycles. The number of nitrogens with zero attached hydrogens (tertiary/aromatic N) is 1. The van der Waals surface area contributed by atoms with E-state index in [4.69, 9.17) is 9.47 Å². The highest BCUT2D eigenvalue weighted by Gasteiger charge is 2.32. The minimum absolute atomic E-state index is 0.186. The molecule has 19 heavy (non-hydrogen) atoms. The lowest BCUT2D eigenvalue weighted by Crippen LogP contribution is -2.50. The molecule has 0 saturated heterocycles. The summed E-state index contributed by atoms with van der Waals surface area (Å²) in [6, 6.07) is 0. The Hall–Kier alpha value is -0.650. The van der Waals surface area contributed by atoms with Crippen molar-refractivity contribution in [2.75, 3.05) is 47.0 Å². The molecule has 0 fully saturated rings. The molecule has 0 aromatic rings. The average Bonchev–Trinajstić information content (AvgIpc) is 2.41. The van der Waals surface area contributed by atoms with Gasteiger partial charge in [0.15, 0.2) is 0 Å². The Morgan fingerprint density at radius 3 is 2.42 bits per heavy atom. The van der Waals surface area contributed by atoms with Gasteiger partial charge in [0.2, 0.25) is 0 Å². The van der Waals surface area contributed by atoms with Crippen molar-refractivity contribution in [1.82, 2.24) is 10.2 Å². The Balaban J connectivity index is 4.20. The minimum atomic E-state index is -0.579. The number of esters is 1. The van der Waals surface area contributed by atoms with E-state index in [1.807, 2.05) is 13.8 Å². The van der Waals surface area contributed by atoms with Gasteiger partial charge in [-0.05, 0) is 39.4 Å². The number of carbonyl (C=O) groups is 1. The Labute approximate surface area is 117 Å². The first kappa shape index (κ1) is 18.4. The van der Waals surface area contributed by atoms with Gasteiger partial charge >= 0.3 is 5.97 Å². The highest BCUT2D eigenvalue weighted by Crippen LogP contribution is 2.14. The number of rotatable bonds is 11. The van der Waals surface area contributed by atoms with Gasteiger partial charge in [0.1, 0.15) is 5.54 Å². The Bertz CT molecular complexity index is 249. The summed E-state index contributed by atoms with van der Waals surface area (Å²) in [6.45, 7) is 10.5. The molecule has 0 aliphatic carbocycles. The van der Waals surface area contributed by atoms with Gasteiger partial charge in [-0.3, -0.25) is 4.79 Å². The van der Waals surface area contributed by atoms with Crippen LogP contribution in [-0.2, 0) is 14.3 Å². The highest BCUT2D eigenvalue weighted by molar-refractivity contribution is 5.80. The van der Waals surface area contributed by atoms with E-state index in [9.17, 15) is 4.79 Å². The first-order chi connectivity index (χ1) is 9.03. The van der Waals surface area contributed by atoms with E-state index in [1.165, 1.54) is 7.11 Å². The van der Waals surface area contributed by atoms with Gasteiger partial charge in [-0.2, -0.15) is 0 Å². The summed E-state index contributed by atoms with van der Waals surface area (Å²) in [5.74, 6) is -0.186. The molecule has 114 valence electrons. The van der Waals surface area contributed by atoms with Crippen molar-refractivity contribution in [3.8, 4) is 0 Å². The van der Waals surface area contributed by atoms with Gasteiger partial charge in [0.25, 0.3) is 0 Å². The fourth-order valence-electron chi connectivity index (χ4n) is 2.18. The van der Waals surface area contributed by atoms with Crippen LogP contribution >= 0.6 is 0 Å². The van der Waals surface area contributed by atoms with Crippen molar-refractivity contribution < 1.29 is 14.3 Å². The van der Waals surface area contributed by atoms with Gasteiger partial charge in [-0.25, -0.2) is 0 Å². The molecule has 0 rings (SSSR count). The summed E-state index contributed by atoms with van der Waals surface area (Å²) >= 11 is 0. The van der Waals surface area contributed by atoms with Crippen molar-refractivity contribution >= 4 is 5.97 Å². The number of methoxy groups -OCH3 is 2. The van der Waals surface area contributed by atoms with E-state index >= 15 is 0 Å². The van der Waals surface area contributed by atoms with Crippen LogP contribution in [0.3, 0.4) is 0 Å². The molecule has 0 aliphatic heterocycles. The second-order valence-electron chi connectivity index (χ2n) is 4.88. The van der Waals surface area contributed by atoms with E-state index in [0.29, 0.717) is 0 Å². The maximum Gasteiger partial charge on any atom is 0.325 e. The van der Waals surface area contributed by atoms with Crippen molar-refractivity contribution in [1.29, 1.82) is 0 Å². The summed E-state index contributed by atoms with van der Waals surface area (Å²) in [4.78, 5) is 14.1. The van der Waals surface area contributed by atoms with Crippen LogP contribution in [0.5, 0.6) is 0 Å². The van der Waals surface area contributed by atoms with E-state index in [0.717, 1.165) is 45.6 Å². The second-order valence-corrected chi connectivity index (χ2v) is 4.88. The Morgan fingerprint density at radius 1 is 1.26 bits per heavy atom. The van der Waals surface area contributed by atoms with Gasteiger partial charge in [0, 0.05) is 13.7 Å². The van der Waals surface area contributed by atoms with Crippen molar-refractivity contribution in [2.45, 2.75) is 39.2 Å². The number of nitrogens with one attached hydrogen (secondary N) is 1. The maximum absolute atomic E-state index is 11.8. The van der Waals surface area contributed by atoms with E-state index < -0.39 is 5.54 Å². The first-order valence-electron chi connectivity index (χ1n) is 7.08. The molecule has 0 saturated carbocycles. The third-order valence-corrected chi connectivity index (χ3v) is 3.41. The zero-order valence-electron chi connectivity index (χ0n) is 13.1. The molecule has 0 heterocycles. The molecule has 0 spiro atoms. The lowest BCUT2D eigenvalue weighted by molar-refractivity contribution is -0.148. The second kappa shape index (κ2) is 10.2. The summed E-state index contributed by atoms with van der Waals surface area (Å²) in [7, 11) is 3.15. The average molecular weight is 274 g/mol. The van der Waals surface area contributed by atoms with Crippen LogP contribution in [0, 0.1) is 0 Å². The largest absolute Gasteiger partial charge is 0.468 e. The first-order valence-corrected chi connectivity index (χ1v) is 7.08. The van der Waals surface area contributed by atoms with Crippen molar-refractivity contribution in [3.05, 3.63) is 0 Å². The lowest BCUT2D eigenvalue weighted by Gasteiger charge is -2.29. The highest BCUT2D eigenvalue weighted by atomic mass is 16.5. The van der Waals surface area contributed by atoms with E-state index in [2.05, 4.69) is 17.1 Å². The molecule has 0 aliphatic rings. The third kappa shape index (κ3) is 6.89. The fourth-order valence-corrected chi connectivity index (χ4v) is 2.18. The zero-order valence-corrected chi connectivity index (χ0v) is 13.1. The van der Waals surface area contributed by atoms with Crippen LogP contribution in [0.1, 0.15) is 33.6 Å². The van der Waals surface area contributed by atoms with E-state index in [-0.39, 0.29) is 5.97 Å². The van der Waals surface area contributed by atoms with Crippen LogP contribution in [0.15, 0.2) is 0 Å². The predicted molar refractivity (Wildman–Crippen MR) is 77.3 cm³/mol. The molecular weight excluding hydrogens is 244 g/mol. The fraction of sp³-hybridized carbons (Fsp3) is 0.929. The summed E-state index contributed by atoms with van der Waals surface area (Å²) < 4.78 is 9.97. The van der Waals surface area contributed by atoms with Gasteiger partial charge in [-0.15, -0.1) is 0 Å². The standard InChI is InChI=1S/C14H30N2O3/c1-6-15-14(3,13(17)19-5)9-8-10-16(7-2)11-12-18-4/h15H,6-12H2,1-5H3. The summed E-state index contributed by atoms with van der Waals surface area (Å²) in [5, 5.41) is 3.23. The van der Waals surface area contributed by atoms with Crippen LogP contribution in [0.2, 0.25) is 0 Å². The molecule has 5 heteroatoms. The molecule has 0 aromatic carbocycles. The number of ether oxygens (including phenoxy) is 2. The zero-order chi connectivity index (χ0) is 14.7. The smallest absolute Gasteiger partial charge is 0.325 e. The van der Waals surface area contributed by atoms with Gasteiger partial charge in [-0.1, -0.05) is 13.8 Å². The molecule has 0 radical (unpaired) electrons. The molecule has 5 nitrogen and oxygen atoms in total. The van der Waals surface area contributed by atoms with Gasteiger partial charge in [0.05, 0.1) is 13.7 Å². The maximum atomic E-state index is 11.8. The van der Waals surface area contributed by atoms with E-state index in [1.54, 1.807) is 7.11 Å². The van der Waals surface area contributed by atoms with Crippen molar-refractivity contribution in [3.63, 3.8) is 0 Å². The van der Waals surface area contributed by atoms with Gasteiger partial charge < -0.3 is 19.7 Å². The SMILES string of the molecule is CCNC(C)(CCCN(CC)CCOC)C(=O)OC. The summed E-state index contributed by atoms with van der Waals surface area (Å²) in [6.07, 6.45) is 1.73. The topological polar surface area (TPSA) is 50.8 Å². The van der Waals surface area contributed by atoms with Crippen molar-refractivity contribution in [2.24, 2.45) is 0 Å². The number of hydrogen-bond acceptors (Lipinski definition) is 5. The van der Waals surface area contributed by atoms with Crippen LogP contribution in [0.4, 0.5) is 0 Å². The molecule has 0 amide bonds. The predicted octanol–water partition coefficient (Wildman–Crippen LogP) is 1.28. The van der Waals surface area contributed by atoms with Crippen LogP contribution < -0.4 is 5.32 Å². The number of likely N-dealkylation sites (N-methyl/N-ethyl adjacent to an activating group) is 2. The van der Waals surface area contributed by atoms with Crippen LogP contribution in [0.25, 0.3) is 0 Å². The number of carbonyl (C=O) groups excluding carboxylic acids is 1. The Kier molecular flexibility index (Phi) is 9.83. The van der Waals surface area contributed by atoms with Crippen LogP contribution in [-0.4, -0.2) is 63.4 Å². The lowest BCUT2D eigenvalue weighted by atomic mass is 9.95. The minimum Gasteiger partial charge on any atom is -0.468 e. The molecule has 1 atom stereocenters. The summed E-state index contributed by atoms with van der Waals surface area (Å²) in [5.41, 5.74) is -0.579. The normalized spacial score (nSPS) is 14.4. The number of hydrogen-bond donors (Lipinski definition) is 1.